The monoisotopic (exact) mass is 348 g/mol. The van der Waals surface area contributed by atoms with Gasteiger partial charge < -0.3 is 10.5 Å². The number of hydrogen-bond acceptors (Lipinski definition) is 5. The molecule has 7 heteroatoms. The summed E-state index contributed by atoms with van der Waals surface area (Å²) in [5, 5.41) is 12.7. The second-order valence-electron chi connectivity index (χ2n) is 4.37. The van der Waals surface area contributed by atoms with Crippen molar-refractivity contribution < 1.29 is 9.53 Å². The molecule has 1 heterocycles. The lowest BCUT2D eigenvalue weighted by Crippen LogP contribution is -2.14. The Morgan fingerprint density at radius 2 is 2.33 bits per heavy atom. The van der Waals surface area contributed by atoms with Crippen LogP contribution in [0.5, 0.6) is 0 Å². The SMILES string of the molecule is Cc1ccc(Br)cc1C(=O)OCCn1ncc(C#N)c1N. The number of nitrogens with two attached hydrogens (primary N) is 1. The van der Waals surface area contributed by atoms with E-state index >= 15 is 0 Å². The van der Waals surface area contributed by atoms with Crippen molar-refractivity contribution in [2.75, 3.05) is 12.3 Å². The molecule has 2 rings (SSSR count). The number of halogens is 1. The summed E-state index contributed by atoms with van der Waals surface area (Å²) in [6.45, 7) is 2.27. The first-order chi connectivity index (χ1) is 10.0. The molecule has 1 aromatic carbocycles. The van der Waals surface area contributed by atoms with Crippen molar-refractivity contribution in [1.82, 2.24) is 9.78 Å². The Hall–Kier alpha value is -2.33. The van der Waals surface area contributed by atoms with Crippen LogP contribution in [0.3, 0.4) is 0 Å². The highest BCUT2D eigenvalue weighted by Gasteiger charge is 2.12. The van der Waals surface area contributed by atoms with Gasteiger partial charge >= 0.3 is 5.97 Å². The summed E-state index contributed by atoms with van der Waals surface area (Å²) in [5.41, 5.74) is 7.38. The summed E-state index contributed by atoms with van der Waals surface area (Å²) in [6, 6.07) is 7.35. The fourth-order valence-corrected chi connectivity index (χ4v) is 2.14. The van der Waals surface area contributed by atoms with Crippen molar-refractivity contribution in [3.05, 3.63) is 45.6 Å². The number of rotatable bonds is 4. The summed E-state index contributed by atoms with van der Waals surface area (Å²) in [6.07, 6.45) is 1.38. The number of benzene rings is 1. The summed E-state index contributed by atoms with van der Waals surface area (Å²) in [4.78, 5) is 12.0. The third kappa shape index (κ3) is 3.41. The molecule has 6 nitrogen and oxygen atoms in total. The molecule has 108 valence electrons. The summed E-state index contributed by atoms with van der Waals surface area (Å²) < 4.78 is 7.45. The minimum Gasteiger partial charge on any atom is -0.460 e. The van der Waals surface area contributed by atoms with E-state index in [2.05, 4.69) is 21.0 Å². The van der Waals surface area contributed by atoms with Gasteiger partial charge in [0.2, 0.25) is 0 Å². The molecule has 0 saturated heterocycles. The van der Waals surface area contributed by atoms with Gasteiger partial charge in [0.1, 0.15) is 24.1 Å². The molecule has 1 aromatic heterocycles. The third-order valence-electron chi connectivity index (χ3n) is 2.96. The average molecular weight is 349 g/mol. The van der Waals surface area contributed by atoms with Gasteiger partial charge in [-0.1, -0.05) is 22.0 Å². The maximum absolute atomic E-state index is 12.0. The number of carbonyl (C=O) groups is 1. The summed E-state index contributed by atoms with van der Waals surface area (Å²) in [7, 11) is 0. The molecule has 0 bridgehead atoms. The van der Waals surface area contributed by atoms with E-state index in [1.807, 2.05) is 25.1 Å². The molecule has 0 aliphatic rings. The summed E-state index contributed by atoms with van der Waals surface area (Å²) in [5.74, 6) is -0.132. The van der Waals surface area contributed by atoms with E-state index in [0.29, 0.717) is 17.7 Å². The van der Waals surface area contributed by atoms with Crippen molar-refractivity contribution in [2.45, 2.75) is 13.5 Å². The molecule has 0 aliphatic heterocycles. The van der Waals surface area contributed by atoms with Gasteiger partial charge in [-0.05, 0) is 24.6 Å². The Morgan fingerprint density at radius 1 is 1.57 bits per heavy atom. The van der Waals surface area contributed by atoms with E-state index in [-0.39, 0.29) is 12.4 Å². The second kappa shape index (κ2) is 6.41. The number of aromatic nitrogens is 2. The first kappa shape index (κ1) is 15.1. The van der Waals surface area contributed by atoms with E-state index in [1.54, 1.807) is 6.07 Å². The number of aryl methyl sites for hydroxylation is 1. The number of esters is 1. The van der Waals surface area contributed by atoms with Gasteiger partial charge in [0.15, 0.2) is 0 Å². The van der Waals surface area contributed by atoms with Gasteiger partial charge in [-0.3, -0.25) is 0 Å². The Bertz CT molecular complexity index is 718. The van der Waals surface area contributed by atoms with Crippen LogP contribution >= 0.6 is 15.9 Å². The molecule has 2 aromatic rings. The molecular formula is C14H13BrN4O2. The number of carbonyl (C=O) groups excluding carboxylic acids is 1. The Morgan fingerprint density at radius 3 is 3.00 bits per heavy atom. The molecule has 21 heavy (non-hydrogen) atoms. The Balaban J connectivity index is 1.97. The minimum atomic E-state index is -0.403. The van der Waals surface area contributed by atoms with Crippen LogP contribution < -0.4 is 5.73 Å². The number of ether oxygens (including phenoxy) is 1. The van der Waals surface area contributed by atoms with E-state index < -0.39 is 5.97 Å². The second-order valence-corrected chi connectivity index (χ2v) is 5.29. The standard InChI is InChI=1S/C14H13BrN4O2/c1-9-2-3-11(15)6-12(9)14(20)21-5-4-19-13(17)10(7-16)8-18-19/h2-3,6,8H,4-5,17H2,1H3. The maximum Gasteiger partial charge on any atom is 0.338 e. The number of nitrogen functional groups attached to an aromatic ring is 1. The molecule has 0 fully saturated rings. The van der Waals surface area contributed by atoms with Crippen molar-refractivity contribution in [1.29, 1.82) is 5.26 Å². The fourth-order valence-electron chi connectivity index (χ4n) is 1.78. The molecule has 0 atom stereocenters. The smallest absolute Gasteiger partial charge is 0.338 e. The van der Waals surface area contributed by atoms with Crippen LogP contribution in [-0.2, 0) is 11.3 Å². The average Bonchev–Trinajstić information content (AvgIpc) is 2.82. The molecule has 0 radical (unpaired) electrons. The van der Waals surface area contributed by atoms with Gasteiger partial charge in [0, 0.05) is 4.47 Å². The molecule has 0 saturated carbocycles. The van der Waals surface area contributed by atoms with E-state index in [9.17, 15) is 4.79 Å². The normalized spacial score (nSPS) is 10.1. The largest absolute Gasteiger partial charge is 0.460 e. The van der Waals surface area contributed by atoms with E-state index in [1.165, 1.54) is 10.9 Å². The van der Waals surface area contributed by atoms with Crippen LogP contribution in [0.4, 0.5) is 5.82 Å². The first-order valence-corrected chi connectivity index (χ1v) is 6.97. The number of nitrogens with zero attached hydrogens (tertiary/aromatic N) is 3. The third-order valence-corrected chi connectivity index (χ3v) is 3.45. The first-order valence-electron chi connectivity index (χ1n) is 6.17. The Kier molecular flexibility index (Phi) is 4.60. The highest BCUT2D eigenvalue weighted by Crippen LogP contribution is 2.17. The molecule has 0 spiro atoms. The van der Waals surface area contributed by atoms with Crippen LogP contribution in [0.15, 0.2) is 28.9 Å². The molecule has 0 aliphatic carbocycles. The maximum atomic E-state index is 12.0. The Labute approximate surface area is 130 Å². The quantitative estimate of drug-likeness (QED) is 0.855. The van der Waals surface area contributed by atoms with Crippen molar-refractivity contribution in [3.8, 4) is 6.07 Å². The molecule has 0 amide bonds. The predicted octanol–water partition coefficient (Wildman–Crippen LogP) is 2.26. The highest BCUT2D eigenvalue weighted by atomic mass is 79.9. The zero-order chi connectivity index (χ0) is 15.4. The number of hydrogen-bond donors (Lipinski definition) is 1. The zero-order valence-electron chi connectivity index (χ0n) is 11.3. The van der Waals surface area contributed by atoms with Crippen molar-refractivity contribution >= 4 is 27.7 Å². The van der Waals surface area contributed by atoms with Crippen LogP contribution in [-0.4, -0.2) is 22.4 Å². The lowest BCUT2D eigenvalue weighted by molar-refractivity contribution is 0.0487. The molecular weight excluding hydrogens is 336 g/mol. The van der Waals surface area contributed by atoms with Gasteiger partial charge in [-0.2, -0.15) is 10.4 Å². The summed E-state index contributed by atoms with van der Waals surface area (Å²) >= 11 is 3.32. The van der Waals surface area contributed by atoms with Gasteiger partial charge in [0.05, 0.1) is 18.3 Å². The van der Waals surface area contributed by atoms with Crippen LogP contribution in [0.1, 0.15) is 21.5 Å². The fraction of sp³-hybridized carbons (Fsp3) is 0.214. The van der Waals surface area contributed by atoms with Gasteiger partial charge in [-0.15, -0.1) is 0 Å². The van der Waals surface area contributed by atoms with Crippen molar-refractivity contribution in [3.63, 3.8) is 0 Å². The molecule has 0 unspecified atom stereocenters. The van der Waals surface area contributed by atoms with Gasteiger partial charge in [0.25, 0.3) is 0 Å². The van der Waals surface area contributed by atoms with E-state index in [4.69, 9.17) is 15.7 Å². The van der Waals surface area contributed by atoms with Gasteiger partial charge in [-0.25, -0.2) is 9.48 Å². The predicted molar refractivity (Wildman–Crippen MR) is 80.5 cm³/mol. The number of nitriles is 1. The lowest BCUT2D eigenvalue weighted by atomic mass is 10.1. The lowest BCUT2D eigenvalue weighted by Gasteiger charge is -2.08. The van der Waals surface area contributed by atoms with Crippen molar-refractivity contribution in [2.24, 2.45) is 0 Å². The van der Waals surface area contributed by atoms with Crippen LogP contribution in [0.2, 0.25) is 0 Å². The highest BCUT2D eigenvalue weighted by molar-refractivity contribution is 9.10. The van der Waals surface area contributed by atoms with E-state index in [0.717, 1.165) is 10.0 Å². The topological polar surface area (TPSA) is 93.9 Å². The number of anilines is 1. The van der Waals surface area contributed by atoms with Crippen LogP contribution in [0.25, 0.3) is 0 Å². The minimum absolute atomic E-state index is 0.127. The molecule has 2 N–H and O–H groups in total. The zero-order valence-corrected chi connectivity index (χ0v) is 12.9. The van der Waals surface area contributed by atoms with Crippen LogP contribution in [0, 0.1) is 18.3 Å².